The summed E-state index contributed by atoms with van der Waals surface area (Å²) < 4.78 is 11.5. The molecule has 3 N–H and O–H groups in total. The molecule has 11 nitrogen and oxygen atoms in total. The molecule has 2 heterocycles. The van der Waals surface area contributed by atoms with Crippen LogP contribution in [0.15, 0.2) is 52.2 Å². The van der Waals surface area contributed by atoms with Crippen molar-refractivity contribution in [3.63, 3.8) is 0 Å². The number of carbonyl (C=O) groups excluding carboxylic acids is 1. The molecular formula is C20H16Cl2N8O3. The zero-order chi connectivity index (χ0) is 23.4. The molecule has 0 spiro atoms. The average Bonchev–Trinajstić information content (AvgIpc) is 3.38. The fraction of sp³-hybridized carbons (Fsp3) is 0.100. The summed E-state index contributed by atoms with van der Waals surface area (Å²) >= 11 is 12.1. The van der Waals surface area contributed by atoms with E-state index in [1.165, 1.54) is 6.21 Å². The number of nitrogens with two attached hydrogens (primary N) is 1. The van der Waals surface area contributed by atoms with Crippen LogP contribution in [0.1, 0.15) is 27.3 Å². The lowest BCUT2D eigenvalue weighted by Gasteiger charge is -2.08. The number of anilines is 1. The summed E-state index contributed by atoms with van der Waals surface area (Å²) in [6, 6.07) is 12.4. The van der Waals surface area contributed by atoms with E-state index in [0.717, 1.165) is 10.2 Å². The van der Waals surface area contributed by atoms with Crippen LogP contribution in [0.5, 0.6) is 5.75 Å². The van der Waals surface area contributed by atoms with Gasteiger partial charge in [0, 0.05) is 15.6 Å². The van der Waals surface area contributed by atoms with Crippen LogP contribution in [0.3, 0.4) is 0 Å². The molecule has 0 aliphatic heterocycles. The van der Waals surface area contributed by atoms with Gasteiger partial charge in [-0.3, -0.25) is 4.79 Å². The predicted molar refractivity (Wildman–Crippen MR) is 121 cm³/mol. The number of nitrogens with one attached hydrogen (secondary N) is 1. The average molecular weight is 487 g/mol. The highest BCUT2D eigenvalue weighted by atomic mass is 35.5. The van der Waals surface area contributed by atoms with Crippen molar-refractivity contribution >= 4 is 41.1 Å². The van der Waals surface area contributed by atoms with Crippen molar-refractivity contribution in [1.29, 1.82) is 0 Å². The summed E-state index contributed by atoms with van der Waals surface area (Å²) in [4.78, 5) is 12.6. The predicted octanol–water partition coefficient (Wildman–Crippen LogP) is 3.19. The maximum Gasteiger partial charge on any atom is 0.292 e. The van der Waals surface area contributed by atoms with E-state index in [-0.39, 0.29) is 23.9 Å². The third-order valence-electron chi connectivity index (χ3n) is 4.40. The van der Waals surface area contributed by atoms with Gasteiger partial charge in [0.2, 0.25) is 11.6 Å². The molecule has 168 valence electrons. The first kappa shape index (κ1) is 22.2. The Morgan fingerprint density at radius 3 is 2.88 bits per heavy atom. The lowest BCUT2D eigenvalue weighted by molar-refractivity contribution is 0.0946. The zero-order valence-electron chi connectivity index (χ0n) is 17.1. The summed E-state index contributed by atoms with van der Waals surface area (Å²) in [5, 5.41) is 19.9. The molecule has 0 aliphatic rings. The number of rotatable bonds is 7. The lowest BCUT2D eigenvalue weighted by atomic mass is 10.2. The van der Waals surface area contributed by atoms with Crippen molar-refractivity contribution in [2.75, 3.05) is 5.73 Å². The van der Waals surface area contributed by atoms with Gasteiger partial charge < -0.3 is 10.5 Å². The van der Waals surface area contributed by atoms with E-state index >= 15 is 0 Å². The summed E-state index contributed by atoms with van der Waals surface area (Å²) in [5.74, 6) is 0.0499. The lowest BCUT2D eigenvalue weighted by Crippen LogP contribution is -2.22. The normalized spacial score (nSPS) is 11.1. The van der Waals surface area contributed by atoms with Gasteiger partial charge >= 0.3 is 0 Å². The molecule has 33 heavy (non-hydrogen) atoms. The monoisotopic (exact) mass is 486 g/mol. The third kappa shape index (κ3) is 5.10. The number of nitrogen functional groups attached to an aromatic ring is 1. The van der Waals surface area contributed by atoms with Crippen LogP contribution < -0.4 is 15.9 Å². The van der Waals surface area contributed by atoms with E-state index in [1.54, 1.807) is 49.4 Å². The maximum atomic E-state index is 12.6. The molecule has 4 rings (SSSR count). The molecule has 13 heteroatoms. The van der Waals surface area contributed by atoms with Crippen molar-refractivity contribution < 1.29 is 14.2 Å². The number of carbonyl (C=O) groups is 1. The van der Waals surface area contributed by atoms with Crippen molar-refractivity contribution in [1.82, 2.24) is 30.7 Å². The fourth-order valence-corrected chi connectivity index (χ4v) is 3.27. The minimum atomic E-state index is -0.569. The Morgan fingerprint density at radius 2 is 2.12 bits per heavy atom. The quantitative estimate of drug-likeness (QED) is 0.299. The highest BCUT2D eigenvalue weighted by Crippen LogP contribution is 2.23. The highest BCUT2D eigenvalue weighted by molar-refractivity contribution is 6.35. The second-order valence-corrected chi connectivity index (χ2v) is 7.55. The molecule has 0 saturated carbocycles. The van der Waals surface area contributed by atoms with Crippen LogP contribution in [0.25, 0.3) is 5.82 Å². The Bertz CT molecular complexity index is 1330. The first-order chi connectivity index (χ1) is 15.9. The second kappa shape index (κ2) is 9.67. The minimum Gasteiger partial charge on any atom is -0.489 e. The number of hydrogen-bond acceptors (Lipinski definition) is 9. The molecule has 0 saturated heterocycles. The second-order valence-electron chi connectivity index (χ2n) is 6.70. The van der Waals surface area contributed by atoms with Gasteiger partial charge in [0.05, 0.1) is 11.9 Å². The van der Waals surface area contributed by atoms with Gasteiger partial charge in [0.1, 0.15) is 12.4 Å². The molecule has 0 atom stereocenters. The summed E-state index contributed by atoms with van der Waals surface area (Å²) in [5.41, 5.74) is 10.0. The number of hydrazone groups is 1. The van der Waals surface area contributed by atoms with E-state index in [4.69, 9.17) is 33.7 Å². The molecule has 0 aliphatic carbocycles. The number of ether oxygens (including phenoxy) is 1. The van der Waals surface area contributed by atoms with Crippen molar-refractivity contribution in [2.45, 2.75) is 13.5 Å². The van der Waals surface area contributed by atoms with Crippen molar-refractivity contribution in [3.8, 4) is 11.6 Å². The van der Waals surface area contributed by atoms with E-state index < -0.39 is 5.91 Å². The Morgan fingerprint density at radius 1 is 1.27 bits per heavy atom. The van der Waals surface area contributed by atoms with Crippen LogP contribution in [-0.2, 0) is 6.61 Å². The molecule has 1 amide bonds. The number of benzene rings is 2. The molecule has 4 aromatic rings. The first-order valence-corrected chi connectivity index (χ1v) is 10.2. The number of hydrogen-bond donors (Lipinski definition) is 2. The molecule has 0 unspecified atom stereocenters. The van der Waals surface area contributed by atoms with Crippen LogP contribution in [0, 0.1) is 6.92 Å². The summed E-state index contributed by atoms with van der Waals surface area (Å²) in [6.45, 7) is 1.88. The van der Waals surface area contributed by atoms with Crippen LogP contribution >= 0.6 is 23.2 Å². The number of halogens is 2. The molecule has 0 bridgehead atoms. The Labute approximate surface area is 197 Å². The first-order valence-electron chi connectivity index (χ1n) is 9.43. The fourth-order valence-electron chi connectivity index (χ4n) is 2.81. The third-order valence-corrected chi connectivity index (χ3v) is 4.98. The number of aryl methyl sites for hydroxylation is 1. The zero-order valence-corrected chi connectivity index (χ0v) is 18.6. The van der Waals surface area contributed by atoms with Crippen molar-refractivity contribution in [3.05, 3.63) is 75.0 Å². The van der Waals surface area contributed by atoms with Gasteiger partial charge in [0.25, 0.3) is 5.91 Å². The smallest absolute Gasteiger partial charge is 0.292 e. The van der Waals surface area contributed by atoms with Crippen molar-refractivity contribution in [2.24, 2.45) is 5.10 Å². The van der Waals surface area contributed by atoms with Crippen LogP contribution in [0.2, 0.25) is 10.0 Å². The summed E-state index contributed by atoms with van der Waals surface area (Å²) in [7, 11) is 0. The number of aromatic nitrogens is 5. The highest BCUT2D eigenvalue weighted by Gasteiger charge is 2.22. The molecule has 2 aromatic carbocycles. The van der Waals surface area contributed by atoms with Gasteiger partial charge in [-0.25, -0.2) is 10.1 Å². The maximum absolute atomic E-state index is 12.6. The Hall–Kier alpha value is -3.96. The molecule has 0 fully saturated rings. The van der Waals surface area contributed by atoms with Gasteiger partial charge in [-0.2, -0.15) is 9.78 Å². The number of amides is 1. The van der Waals surface area contributed by atoms with Gasteiger partial charge in [-0.15, -0.1) is 5.10 Å². The molecule has 0 radical (unpaired) electrons. The SMILES string of the molecule is Cc1nnn(-c2nonc2N)c1C(=O)N/N=C/c1cccc(OCc2ccc(Cl)cc2Cl)c1. The van der Waals surface area contributed by atoms with Gasteiger partial charge in [0.15, 0.2) is 5.69 Å². The number of nitrogens with zero attached hydrogens (tertiary/aromatic N) is 6. The summed E-state index contributed by atoms with van der Waals surface area (Å²) in [6.07, 6.45) is 1.47. The van der Waals surface area contributed by atoms with E-state index in [9.17, 15) is 4.79 Å². The largest absolute Gasteiger partial charge is 0.489 e. The van der Waals surface area contributed by atoms with E-state index in [0.29, 0.717) is 27.1 Å². The van der Waals surface area contributed by atoms with Crippen LogP contribution in [-0.4, -0.2) is 37.4 Å². The Balaban J connectivity index is 1.42. The van der Waals surface area contributed by atoms with Gasteiger partial charge in [-0.05, 0) is 47.1 Å². The van der Waals surface area contributed by atoms with Gasteiger partial charge in [-0.1, -0.05) is 46.6 Å². The van der Waals surface area contributed by atoms with Crippen LogP contribution in [0.4, 0.5) is 5.82 Å². The van der Waals surface area contributed by atoms with E-state index in [1.807, 2.05) is 0 Å². The van der Waals surface area contributed by atoms with E-state index in [2.05, 4.69) is 35.8 Å². The molecular weight excluding hydrogens is 471 g/mol. The molecule has 2 aromatic heterocycles. The minimum absolute atomic E-state index is 0.0332. The standard InChI is InChI=1S/C20H16Cl2N8O3/c1-11-17(30(29-25-11)19-18(23)27-33-28-19)20(31)26-24-9-12-3-2-4-15(7-12)32-10-13-5-6-14(21)8-16(13)22/h2-9H,10H2,1H3,(H2,23,27)(H,26,31)/b24-9+. The Kier molecular flexibility index (Phi) is 6.52. The topological polar surface area (TPSA) is 146 Å².